The molecule has 2 aliphatic heterocycles. The van der Waals surface area contributed by atoms with Crippen molar-refractivity contribution in [3.05, 3.63) is 58.3 Å². The molecule has 29 heavy (non-hydrogen) atoms. The first-order valence-corrected chi connectivity index (χ1v) is 9.70. The minimum absolute atomic E-state index is 0.0112. The molecule has 4 rings (SSSR count). The maximum atomic E-state index is 13.2. The van der Waals surface area contributed by atoms with Gasteiger partial charge in [0.25, 0.3) is 11.6 Å². The van der Waals surface area contributed by atoms with Crippen LogP contribution in [0.2, 0.25) is 0 Å². The lowest BCUT2D eigenvalue weighted by Gasteiger charge is -2.37. The summed E-state index contributed by atoms with van der Waals surface area (Å²) in [4.78, 5) is 34.1. The first kappa shape index (κ1) is 19.1. The Bertz CT molecular complexity index is 875. The third-order valence-electron chi connectivity index (χ3n) is 5.32. The molecule has 0 radical (unpaired) electrons. The molecule has 0 bridgehead atoms. The number of morpholine rings is 1. The second-order valence-corrected chi connectivity index (χ2v) is 7.03. The van der Waals surface area contributed by atoms with Crippen molar-refractivity contribution in [2.75, 3.05) is 62.3 Å². The number of nitro benzene ring substituents is 1. The number of ether oxygens (including phenoxy) is 1. The van der Waals surface area contributed by atoms with Gasteiger partial charge in [0.1, 0.15) is 5.82 Å². The minimum Gasteiger partial charge on any atom is -0.378 e. The fourth-order valence-corrected chi connectivity index (χ4v) is 3.71. The predicted molar refractivity (Wildman–Crippen MR) is 108 cm³/mol. The zero-order valence-corrected chi connectivity index (χ0v) is 16.1. The highest BCUT2D eigenvalue weighted by atomic mass is 16.6. The summed E-state index contributed by atoms with van der Waals surface area (Å²) in [5.74, 6) is 0.710. The number of pyridine rings is 1. The third-order valence-corrected chi connectivity index (χ3v) is 5.32. The number of nitro groups is 1. The second-order valence-electron chi connectivity index (χ2n) is 7.03. The molecule has 2 saturated heterocycles. The summed E-state index contributed by atoms with van der Waals surface area (Å²) in [5, 5.41) is 10.8. The summed E-state index contributed by atoms with van der Waals surface area (Å²) < 4.78 is 5.40. The van der Waals surface area contributed by atoms with Crippen molar-refractivity contribution >= 4 is 23.1 Å². The first-order valence-electron chi connectivity index (χ1n) is 9.70. The number of non-ortho nitro benzene ring substituents is 1. The van der Waals surface area contributed by atoms with Crippen molar-refractivity contribution in [2.45, 2.75) is 0 Å². The van der Waals surface area contributed by atoms with Gasteiger partial charge in [0, 0.05) is 63.3 Å². The van der Waals surface area contributed by atoms with Gasteiger partial charge in [0.2, 0.25) is 0 Å². The van der Waals surface area contributed by atoms with Crippen LogP contribution < -0.4 is 9.80 Å². The van der Waals surface area contributed by atoms with Gasteiger partial charge in [-0.05, 0) is 24.3 Å². The Morgan fingerprint density at radius 3 is 2.31 bits per heavy atom. The summed E-state index contributed by atoms with van der Waals surface area (Å²) in [6.07, 6.45) is 1.72. The van der Waals surface area contributed by atoms with Gasteiger partial charge >= 0.3 is 0 Å². The minimum atomic E-state index is -0.402. The van der Waals surface area contributed by atoms with Gasteiger partial charge in [0.05, 0.1) is 23.7 Å². The van der Waals surface area contributed by atoms with Crippen LogP contribution in [0.3, 0.4) is 0 Å². The van der Waals surface area contributed by atoms with Crippen LogP contribution in [-0.2, 0) is 4.74 Å². The highest BCUT2D eigenvalue weighted by Crippen LogP contribution is 2.23. The molecule has 2 aromatic rings. The third kappa shape index (κ3) is 4.14. The van der Waals surface area contributed by atoms with Crippen LogP contribution in [0.15, 0.2) is 42.6 Å². The molecule has 9 heteroatoms. The topological polar surface area (TPSA) is 92.1 Å². The van der Waals surface area contributed by atoms with E-state index in [9.17, 15) is 14.9 Å². The molecule has 1 aromatic carbocycles. The molecule has 3 heterocycles. The molecular weight excluding hydrogens is 374 g/mol. The first-order chi connectivity index (χ1) is 14.1. The average molecular weight is 397 g/mol. The van der Waals surface area contributed by atoms with Gasteiger partial charge in [-0.15, -0.1) is 0 Å². The average Bonchev–Trinajstić information content (AvgIpc) is 2.79. The van der Waals surface area contributed by atoms with E-state index in [0.29, 0.717) is 45.0 Å². The molecule has 152 valence electrons. The molecule has 0 saturated carbocycles. The van der Waals surface area contributed by atoms with Gasteiger partial charge in [-0.1, -0.05) is 0 Å². The van der Waals surface area contributed by atoms with Gasteiger partial charge in [-0.25, -0.2) is 4.98 Å². The van der Waals surface area contributed by atoms with Crippen LogP contribution in [-0.4, -0.2) is 73.2 Å². The molecule has 1 amide bonds. The van der Waals surface area contributed by atoms with E-state index < -0.39 is 4.92 Å². The fraction of sp³-hybridized carbons (Fsp3) is 0.400. The normalized spacial score (nSPS) is 17.3. The van der Waals surface area contributed by atoms with E-state index in [4.69, 9.17) is 4.74 Å². The number of carbonyl (C=O) groups is 1. The number of rotatable bonds is 4. The Kier molecular flexibility index (Phi) is 5.57. The highest BCUT2D eigenvalue weighted by molar-refractivity contribution is 5.99. The molecule has 2 fully saturated rings. The van der Waals surface area contributed by atoms with Crippen molar-refractivity contribution < 1.29 is 14.5 Å². The second kappa shape index (κ2) is 8.44. The summed E-state index contributed by atoms with van der Waals surface area (Å²) in [6.45, 7) is 5.26. The van der Waals surface area contributed by atoms with Crippen molar-refractivity contribution in [3.8, 4) is 0 Å². The Labute approximate surface area is 168 Å². The number of amides is 1. The number of aromatic nitrogens is 1. The van der Waals surface area contributed by atoms with Crippen molar-refractivity contribution in [1.82, 2.24) is 9.88 Å². The Morgan fingerprint density at radius 1 is 0.966 bits per heavy atom. The molecule has 0 unspecified atom stereocenters. The number of benzene rings is 1. The van der Waals surface area contributed by atoms with Gasteiger partial charge in [-0.3, -0.25) is 14.9 Å². The quantitative estimate of drug-likeness (QED) is 0.574. The summed E-state index contributed by atoms with van der Waals surface area (Å²) >= 11 is 0. The molecule has 0 spiro atoms. The van der Waals surface area contributed by atoms with Gasteiger partial charge < -0.3 is 19.4 Å². The van der Waals surface area contributed by atoms with E-state index in [1.807, 2.05) is 11.0 Å². The molecule has 1 aromatic heterocycles. The predicted octanol–water partition coefficient (Wildman–Crippen LogP) is 1.79. The van der Waals surface area contributed by atoms with E-state index in [0.717, 1.165) is 24.6 Å². The van der Waals surface area contributed by atoms with Crippen LogP contribution >= 0.6 is 0 Å². The number of nitrogens with zero attached hydrogens (tertiary/aromatic N) is 5. The van der Waals surface area contributed by atoms with Crippen LogP contribution in [0.4, 0.5) is 17.2 Å². The van der Waals surface area contributed by atoms with Crippen LogP contribution in [0, 0.1) is 10.1 Å². The lowest BCUT2D eigenvalue weighted by molar-refractivity contribution is -0.384. The molecule has 0 aliphatic carbocycles. The fourth-order valence-electron chi connectivity index (χ4n) is 3.71. The summed E-state index contributed by atoms with van der Waals surface area (Å²) in [5.41, 5.74) is 1.63. The SMILES string of the molecule is O=C(c1cccnc1N1CCOCC1)N1CCN(c2ccc([N+](=O)[O-])cc2)CC1. The lowest BCUT2D eigenvalue weighted by atomic mass is 10.1. The number of anilines is 2. The number of carbonyl (C=O) groups excluding carboxylic acids is 1. The van der Waals surface area contributed by atoms with E-state index in [1.54, 1.807) is 24.4 Å². The number of hydrogen-bond acceptors (Lipinski definition) is 7. The maximum absolute atomic E-state index is 13.2. The standard InChI is InChI=1S/C20H23N5O4/c26-20(18-2-1-7-21-19(18)23-12-14-29-15-13-23)24-10-8-22(9-11-24)16-3-5-17(6-4-16)25(27)28/h1-7H,8-15H2. The summed E-state index contributed by atoms with van der Waals surface area (Å²) in [7, 11) is 0. The largest absolute Gasteiger partial charge is 0.378 e. The van der Waals surface area contributed by atoms with Crippen molar-refractivity contribution in [2.24, 2.45) is 0 Å². The Hall–Kier alpha value is -3.20. The monoisotopic (exact) mass is 397 g/mol. The van der Waals surface area contributed by atoms with E-state index in [-0.39, 0.29) is 11.6 Å². The van der Waals surface area contributed by atoms with Crippen LogP contribution in [0.1, 0.15) is 10.4 Å². The molecule has 0 N–H and O–H groups in total. The molecular formula is C20H23N5O4. The summed E-state index contributed by atoms with van der Waals surface area (Å²) in [6, 6.07) is 10.2. The maximum Gasteiger partial charge on any atom is 0.269 e. The van der Waals surface area contributed by atoms with E-state index in [1.165, 1.54) is 12.1 Å². The highest BCUT2D eigenvalue weighted by Gasteiger charge is 2.26. The zero-order chi connectivity index (χ0) is 20.2. The van der Waals surface area contributed by atoms with Crippen LogP contribution in [0.25, 0.3) is 0 Å². The smallest absolute Gasteiger partial charge is 0.269 e. The van der Waals surface area contributed by atoms with Gasteiger partial charge in [-0.2, -0.15) is 0 Å². The zero-order valence-electron chi connectivity index (χ0n) is 16.1. The molecule has 0 atom stereocenters. The Balaban J connectivity index is 1.42. The van der Waals surface area contributed by atoms with Crippen molar-refractivity contribution in [1.29, 1.82) is 0 Å². The Morgan fingerprint density at radius 2 is 1.66 bits per heavy atom. The molecule has 2 aliphatic rings. The van der Waals surface area contributed by atoms with Crippen molar-refractivity contribution in [3.63, 3.8) is 0 Å². The number of hydrogen-bond donors (Lipinski definition) is 0. The van der Waals surface area contributed by atoms with Gasteiger partial charge in [0.15, 0.2) is 0 Å². The molecule has 9 nitrogen and oxygen atoms in total. The lowest BCUT2D eigenvalue weighted by Crippen LogP contribution is -2.49. The van der Waals surface area contributed by atoms with E-state index in [2.05, 4.69) is 14.8 Å². The van der Waals surface area contributed by atoms with E-state index >= 15 is 0 Å². The number of piperazine rings is 1. The van der Waals surface area contributed by atoms with Crippen LogP contribution in [0.5, 0.6) is 0 Å².